The fourth-order valence-corrected chi connectivity index (χ4v) is 3.80. The fraction of sp³-hybridized carbons (Fsp3) is 0.111. The zero-order valence-corrected chi connectivity index (χ0v) is 8.48. The first kappa shape index (κ1) is 8.08. The zero-order valence-electron chi connectivity index (χ0n) is 6.69. The van der Waals surface area contributed by atoms with Gasteiger partial charge in [0.2, 0.25) is 0 Å². The number of thiol groups is 2. The first-order valence-corrected chi connectivity index (χ1v) is 6.65. The number of hydrogen-bond donors (Lipinski definition) is 2. The summed E-state index contributed by atoms with van der Waals surface area (Å²) in [6.07, 6.45) is 2.06. The van der Waals surface area contributed by atoms with Crippen LogP contribution in [0.3, 0.4) is 0 Å². The highest BCUT2D eigenvalue weighted by Gasteiger charge is 2.11. The van der Waals surface area contributed by atoms with Gasteiger partial charge in [-0.05, 0) is 30.0 Å². The summed E-state index contributed by atoms with van der Waals surface area (Å²) >= 11 is 0. The number of benzene rings is 1. The third-order valence-electron chi connectivity index (χ3n) is 1.92. The predicted molar refractivity (Wildman–Crippen MR) is 57.0 cm³/mol. The number of aryl methyl sites for hydroxylation is 1. The molecule has 1 atom stereocenters. The van der Waals surface area contributed by atoms with Gasteiger partial charge < -0.3 is 0 Å². The van der Waals surface area contributed by atoms with Crippen LogP contribution in [0.5, 0.6) is 0 Å². The van der Waals surface area contributed by atoms with E-state index in [0.717, 1.165) is 0 Å². The standard InChI is InChI=1S/C9H10OS2/c1-7-2-3-8-4-5-12(11-10)9(8)6-7/h2-6,11-12H,1H3. The molecule has 64 valence electrons. The minimum absolute atomic E-state index is 0.257. The molecule has 0 aliphatic carbocycles. The monoisotopic (exact) mass is 198 g/mol. The third kappa shape index (κ3) is 1.23. The quantitative estimate of drug-likeness (QED) is 0.522. The third-order valence-corrected chi connectivity index (χ3v) is 4.98. The van der Waals surface area contributed by atoms with Crippen molar-refractivity contribution in [1.29, 1.82) is 0 Å². The van der Waals surface area contributed by atoms with Gasteiger partial charge in [-0.1, -0.05) is 17.7 Å². The van der Waals surface area contributed by atoms with Gasteiger partial charge in [-0.2, -0.15) is 0 Å². The second kappa shape index (κ2) is 3.07. The Morgan fingerprint density at radius 3 is 3.00 bits per heavy atom. The van der Waals surface area contributed by atoms with Crippen LogP contribution in [0.4, 0.5) is 0 Å². The molecule has 1 heterocycles. The Morgan fingerprint density at radius 1 is 1.42 bits per heavy atom. The van der Waals surface area contributed by atoms with Crippen LogP contribution in [0.2, 0.25) is 0 Å². The summed E-state index contributed by atoms with van der Waals surface area (Å²) in [6.45, 7) is 2.06. The van der Waals surface area contributed by atoms with Gasteiger partial charge in [-0.3, -0.25) is 4.21 Å². The summed E-state index contributed by atoms with van der Waals surface area (Å²) in [6, 6.07) is 6.31. The molecule has 3 heteroatoms. The number of hydrogen-bond acceptors (Lipinski definition) is 1. The predicted octanol–water partition coefficient (Wildman–Crippen LogP) is 2.20. The highest BCUT2D eigenvalue weighted by Crippen LogP contribution is 2.45. The fourth-order valence-electron chi connectivity index (χ4n) is 1.30. The molecule has 0 saturated carbocycles. The molecule has 2 rings (SSSR count). The summed E-state index contributed by atoms with van der Waals surface area (Å²) in [7, 11) is -0.282. The smallest absolute Gasteiger partial charge is 0.0540 e. The molecule has 1 aromatic carbocycles. The van der Waals surface area contributed by atoms with Crippen molar-refractivity contribution in [2.75, 3.05) is 0 Å². The van der Waals surface area contributed by atoms with Crippen molar-refractivity contribution in [3.05, 3.63) is 34.7 Å². The van der Waals surface area contributed by atoms with E-state index >= 15 is 0 Å². The van der Waals surface area contributed by atoms with Gasteiger partial charge >= 0.3 is 0 Å². The lowest BCUT2D eigenvalue weighted by Crippen LogP contribution is -1.80. The van der Waals surface area contributed by atoms with Gasteiger partial charge in [0.15, 0.2) is 0 Å². The molecule has 0 radical (unpaired) electrons. The average molecular weight is 198 g/mol. The van der Waals surface area contributed by atoms with Crippen molar-refractivity contribution in [3.63, 3.8) is 0 Å². The molecule has 0 aromatic heterocycles. The Hall–Kier alpha value is -0.540. The van der Waals surface area contributed by atoms with Crippen LogP contribution in [-0.2, 0) is 10.7 Å². The van der Waals surface area contributed by atoms with E-state index in [1.165, 1.54) is 16.0 Å². The van der Waals surface area contributed by atoms with E-state index in [0.29, 0.717) is 0 Å². The van der Waals surface area contributed by atoms with Crippen molar-refractivity contribution in [2.24, 2.45) is 0 Å². The SMILES string of the molecule is Cc1ccc2c(c1)[SH]([SH]=O)C=C2. The van der Waals surface area contributed by atoms with E-state index < -0.39 is 9.93 Å². The first-order valence-electron chi connectivity index (χ1n) is 3.72. The summed E-state index contributed by atoms with van der Waals surface area (Å²) < 4.78 is 10.8. The van der Waals surface area contributed by atoms with Crippen LogP contribution in [0.15, 0.2) is 28.5 Å². The Morgan fingerprint density at radius 2 is 2.25 bits per heavy atom. The van der Waals surface area contributed by atoms with Gasteiger partial charge in [0, 0.05) is 4.90 Å². The highest BCUT2D eigenvalue weighted by atomic mass is 33.1. The Balaban J connectivity index is 2.54. The maximum absolute atomic E-state index is 10.8. The zero-order chi connectivity index (χ0) is 8.55. The van der Waals surface area contributed by atoms with E-state index in [-0.39, 0.29) is 10.7 Å². The van der Waals surface area contributed by atoms with Crippen LogP contribution >= 0.6 is 9.93 Å². The second-order valence-electron chi connectivity index (χ2n) is 2.80. The molecule has 1 aromatic rings. The molecule has 0 spiro atoms. The molecule has 0 saturated heterocycles. The lowest BCUT2D eigenvalue weighted by Gasteiger charge is -2.07. The summed E-state index contributed by atoms with van der Waals surface area (Å²) in [5.74, 6) is 0. The van der Waals surface area contributed by atoms with Gasteiger partial charge in [0.05, 0.1) is 10.7 Å². The molecule has 12 heavy (non-hydrogen) atoms. The Kier molecular flexibility index (Phi) is 2.07. The van der Waals surface area contributed by atoms with Gasteiger partial charge in [0.1, 0.15) is 0 Å². The van der Waals surface area contributed by atoms with Crippen LogP contribution in [0.25, 0.3) is 6.08 Å². The second-order valence-corrected chi connectivity index (χ2v) is 6.22. The van der Waals surface area contributed by atoms with E-state index in [2.05, 4.69) is 31.2 Å². The molecule has 0 bridgehead atoms. The molecule has 1 aliphatic heterocycles. The topological polar surface area (TPSA) is 17.1 Å². The molecule has 1 aliphatic rings. The molecule has 0 amide bonds. The minimum atomic E-state index is -0.539. The van der Waals surface area contributed by atoms with Crippen LogP contribution < -0.4 is 0 Å². The van der Waals surface area contributed by atoms with E-state index in [1.54, 1.807) is 0 Å². The Labute approximate surface area is 77.7 Å². The van der Waals surface area contributed by atoms with Gasteiger partial charge in [0.25, 0.3) is 0 Å². The van der Waals surface area contributed by atoms with Crippen LogP contribution in [0.1, 0.15) is 11.1 Å². The lowest BCUT2D eigenvalue weighted by molar-refractivity contribution is 0.700. The van der Waals surface area contributed by atoms with Crippen molar-refractivity contribution >= 4 is 26.7 Å². The van der Waals surface area contributed by atoms with E-state index in [1.807, 2.05) is 5.41 Å². The summed E-state index contributed by atoms with van der Waals surface area (Å²) in [5, 5.41) is 2.05. The first-order chi connectivity index (χ1) is 5.81. The van der Waals surface area contributed by atoms with Crippen LogP contribution in [0, 0.1) is 6.92 Å². The molecule has 1 nitrogen and oxygen atoms in total. The van der Waals surface area contributed by atoms with E-state index in [9.17, 15) is 4.21 Å². The molecule has 1 unspecified atom stereocenters. The van der Waals surface area contributed by atoms with Crippen molar-refractivity contribution in [3.8, 4) is 0 Å². The molecule has 0 fully saturated rings. The normalized spacial score (nSPS) is 22.6. The molecule has 0 N–H and O–H groups in total. The van der Waals surface area contributed by atoms with Crippen molar-refractivity contribution < 1.29 is 4.21 Å². The highest BCUT2D eigenvalue weighted by molar-refractivity contribution is 8.73. The number of fused-ring (bicyclic) bond motifs is 1. The number of rotatable bonds is 1. The lowest BCUT2D eigenvalue weighted by atomic mass is 10.1. The maximum Gasteiger partial charge on any atom is 0.0540 e. The Bertz CT molecular complexity index is 358. The molecular formula is C9H10OS2. The minimum Gasteiger partial charge on any atom is -0.252 e. The van der Waals surface area contributed by atoms with Gasteiger partial charge in [-0.25, -0.2) is 0 Å². The summed E-state index contributed by atoms with van der Waals surface area (Å²) in [4.78, 5) is 1.25. The maximum atomic E-state index is 10.8. The average Bonchev–Trinajstić information content (AvgIpc) is 2.46. The van der Waals surface area contributed by atoms with Crippen molar-refractivity contribution in [1.82, 2.24) is 0 Å². The van der Waals surface area contributed by atoms with Crippen LogP contribution in [-0.4, -0.2) is 4.21 Å². The van der Waals surface area contributed by atoms with E-state index in [4.69, 9.17) is 0 Å². The largest absolute Gasteiger partial charge is 0.252 e. The molecular weight excluding hydrogens is 188 g/mol. The summed E-state index contributed by atoms with van der Waals surface area (Å²) in [5.41, 5.74) is 2.48. The van der Waals surface area contributed by atoms with Gasteiger partial charge in [-0.15, -0.1) is 9.93 Å². The van der Waals surface area contributed by atoms with Crippen molar-refractivity contribution in [2.45, 2.75) is 11.8 Å².